The maximum absolute atomic E-state index is 12.8. The van der Waals surface area contributed by atoms with Crippen LogP contribution in [0, 0.1) is 6.92 Å². The molecule has 1 aliphatic heterocycles. The van der Waals surface area contributed by atoms with E-state index < -0.39 is 10.0 Å². The molecule has 0 spiro atoms. The van der Waals surface area contributed by atoms with Crippen LogP contribution in [0.1, 0.15) is 22.5 Å². The first-order valence-corrected chi connectivity index (χ1v) is 9.69. The minimum absolute atomic E-state index is 0.157. The number of carbonyl (C=O) groups is 1. The van der Waals surface area contributed by atoms with Crippen LogP contribution < -0.4 is 0 Å². The second-order valence-corrected chi connectivity index (χ2v) is 8.02. The third kappa shape index (κ3) is 3.88. The molecule has 25 heavy (non-hydrogen) atoms. The highest BCUT2D eigenvalue weighted by molar-refractivity contribution is 7.89. The molecule has 0 bridgehead atoms. The van der Waals surface area contributed by atoms with E-state index in [9.17, 15) is 13.2 Å². The van der Waals surface area contributed by atoms with E-state index in [1.807, 2.05) is 13.0 Å². The van der Waals surface area contributed by atoms with Gasteiger partial charge in [-0.15, -0.1) is 0 Å². The van der Waals surface area contributed by atoms with Crippen LogP contribution in [0.2, 0.25) is 0 Å². The fourth-order valence-electron chi connectivity index (χ4n) is 2.91. The van der Waals surface area contributed by atoms with Gasteiger partial charge < -0.3 is 4.90 Å². The van der Waals surface area contributed by atoms with Gasteiger partial charge in [0.05, 0.1) is 4.90 Å². The third-order valence-electron chi connectivity index (χ3n) is 4.25. The van der Waals surface area contributed by atoms with Gasteiger partial charge in [0.1, 0.15) is 5.69 Å². The van der Waals surface area contributed by atoms with Gasteiger partial charge >= 0.3 is 0 Å². The molecule has 1 saturated heterocycles. The van der Waals surface area contributed by atoms with Crippen LogP contribution in [-0.2, 0) is 10.0 Å². The highest BCUT2D eigenvalue weighted by atomic mass is 32.2. The van der Waals surface area contributed by atoms with Gasteiger partial charge in [0.25, 0.3) is 5.91 Å². The van der Waals surface area contributed by atoms with Crippen molar-refractivity contribution in [1.29, 1.82) is 0 Å². The Labute approximate surface area is 148 Å². The van der Waals surface area contributed by atoms with Gasteiger partial charge in [-0.2, -0.15) is 4.31 Å². The van der Waals surface area contributed by atoms with Crippen molar-refractivity contribution in [2.75, 3.05) is 26.2 Å². The van der Waals surface area contributed by atoms with E-state index in [4.69, 9.17) is 0 Å². The molecule has 0 radical (unpaired) electrons. The lowest BCUT2D eigenvalue weighted by atomic mass is 10.2. The van der Waals surface area contributed by atoms with E-state index in [1.165, 1.54) is 4.31 Å². The van der Waals surface area contributed by atoms with Gasteiger partial charge in [-0.25, -0.2) is 8.42 Å². The zero-order valence-electron chi connectivity index (χ0n) is 14.1. The first kappa shape index (κ1) is 17.6. The number of carbonyl (C=O) groups excluding carboxylic acids is 1. The summed E-state index contributed by atoms with van der Waals surface area (Å²) in [6, 6.07) is 12.1. The molecule has 2 aromatic rings. The highest BCUT2D eigenvalue weighted by Crippen LogP contribution is 2.19. The summed E-state index contributed by atoms with van der Waals surface area (Å²) in [5.74, 6) is -0.157. The van der Waals surface area contributed by atoms with Crippen molar-refractivity contribution in [3.8, 4) is 0 Å². The SMILES string of the molecule is Cc1cccc(S(=O)(=O)N2CCCN(C(=O)c3ccccn3)CC2)c1. The molecule has 0 aliphatic carbocycles. The Morgan fingerprint density at radius 3 is 2.60 bits per heavy atom. The number of rotatable bonds is 3. The van der Waals surface area contributed by atoms with Crippen LogP contribution >= 0.6 is 0 Å². The van der Waals surface area contributed by atoms with Crippen LogP contribution in [0.3, 0.4) is 0 Å². The molecule has 0 saturated carbocycles. The molecular weight excluding hydrogens is 338 g/mol. The van der Waals surface area contributed by atoms with Crippen LogP contribution in [0.5, 0.6) is 0 Å². The van der Waals surface area contributed by atoms with Crippen molar-refractivity contribution in [1.82, 2.24) is 14.2 Å². The molecule has 0 N–H and O–H groups in total. The standard InChI is InChI=1S/C18H21N3O3S/c1-15-6-4-7-16(14-15)25(23,24)21-11-5-10-20(12-13-21)18(22)17-8-2-3-9-19-17/h2-4,6-9,14H,5,10-13H2,1H3. The Morgan fingerprint density at radius 2 is 1.88 bits per heavy atom. The number of hydrogen-bond acceptors (Lipinski definition) is 4. The molecule has 1 aromatic carbocycles. The predicted octanol–water partition coefficient (Wildman–Crippen LogP) is 1.93. The molecule has 132 valence electrons. The predicted molar refractivity (Wildman–Crippen MR) is 94.7 cm³/mol. The zero-order chi connectivity index (χ0) is 17.9. The number of sulfonamides is 1. The van der Waals surface area contributed by atoms with Gasteiger partial charge in [-0.1, -0.05) is 18.2 Å². The van der Waals surface area contributed by atoms with Gasteiger partial charge in [-0.3, -0.25) is 9.78 Å². The minimum atomic E-state index is -3.54. The topological polar surface area (TPSA) is 70.6 Å². The molecule has 1 fully saturated rings. The van der Waals surface area contributed by atoms with E-state index in [2.05, 4.69) is 4.98 Å². The Kier molecular flexibility index (Phi) is 5.15. The van der Waals surface area contributed by atoms with Crippen molar-refractivity contribution >= 4 is 15.9 Å². The summed E-state index contributed by atoms with van der Waals surface area (Å²) < 4.78 is 27.2. The molecule has 1 amide bonds. The maximum atomic E-state index is 12.8. The third-order valence-corrected chi connectivity index (χ3v) is 6.15. The lowest BCUT2D eigenvalue weighted by Gasteiger charge is -2.22. The van der Waals surface area contributed by atoms with Crippen LogP contribution in [0.15, 0.2) is 53.6 Å². The Bertz CT molecular complexity index is 853. The smallest absolute Gasteiger partial charge is 0.272 e. The van der Waals surface area contributed by atoms with E-state index in [1.54, 1.807) is 47.5 Å². The summed E-state index contributed by atoms with van der Waals surface area (Å²) in [6.45, 7) is 3.45. The van der Waals surface area contributed by atoms with E-state index in [-0.39, 0.29) is 12.5 Å². The molecule has 1 aromatic heterocycles. The monoisotopic (exact) mass is 359 g/mol. The zero-order valence-corrected chi connectivity index (χ0v) is 14.9. The molecule has 0 atom stereocenters. The van der Waals surface area contributed by atoms with Gasteiger partial charge in [0.15, 0.2) is 0 Å². The summed E-state index contributed by atoms with van der Waals surface area (Å²) in [6.07, 6.45) is 2.18. The fourth-order valence-corrected chi connectivity index (χ4v) is 4.49. The van der Waals surface area contributed by atoms with Gasteiger partial charge in [0, 0.05) is 32.4 Å². The molecule has 2 heterocycles. The van der Waals surface area contributed by atoms with Gasteiger partial charge in [-0.05, 0) is 43.2 Å². The summed E-state index contributed by atoms with van der Waals surface area (Å²) in [5, 5.41) is 0. The number of pyridine rings is 1. The van der Waals surface area contributed by atoms with Crippen LogP contribution in [-0.4, -0.2) is 54.7 Å². The number of aryl methyl sites for hydroxylation is 1. The normalized spacial score (nSPS) is 16.4. The summed E-state index contributed by atoms with van der Waals surface area (Å²) >= 11 is 0. The van der Waals surface area contributed by atoms with Crippen molar-refractivity contribution in [2.24, 2.45) is 0 Å². The second-order valence-electron chi connectivity index (χ2n) is 6.08. The molecule has 0 unspecified atom stereocenters. The van der Waals surface area contributed by atoms with E-state index >= 15 is 0 Å². The average molecular weight is 359 g/mol. The molecular formula is C18H21N3O3S. The highest BCUT2D eigenvalue weighted by Gasteiger charge is 2.28. The fraction of sp³-hybridized carbons (Fsp3) is 0.333. The first-order chi connectivity index (χ1) is 12.0. The molecule has 3 rings (SSSR count). The quantitative estimate of drug-likeness (QED) is 0.840. The molecule has 6 nitrogen and oxygen atoms in total. The Balaban J connectivity index is 1.74. The lowest BCUT2D eigenvalue weighted by Crippen LogP contribution is -2.37. The number of hydrogen-bond donors (Lipinski definition) is 0. The summed E-state index contributed by atoms with van der Waals surface area (Å²) in [4.78, 5) is 18.6. The average Bonchev–Trinajstić information content (AvgIpc) is 2.88. The van der Waals surface area contributed by atoms with Crippen molar-refractivity contribution in [3.05, 3.63) is 59.9 Å². The summed E-state index contributed by atoms with van der Waals surface area (Å²) in [7, 11) is -3.54. The molecule has 7 heteroatoms. The minimum Gasteiger partial charge on any atom is -0.336 e. The van der Waals surface area contributed by atoms with Crippen molar-refractivity contribution in [3.63, 3.8) is 0 Å². The van der Waals surface area contributed by atoms with Crippen molar-refractivity contribution in [2.45, 2.75) is 18.2 Å². The van der Waals surface area contributed by atoms with E-state index in [0.717, 1.165) is 5.56 Å². The number of benzene rings is 1. The Morgan fingerprint density at radius 1 is 1.04 bits per heavy atom. The second kappa shape index (κ2) is 7.33. The first-order valence-electron chi connectivity index (χ1n) is 8.25. The summed E-state index contributed by atoms with van der Waals surface area (Å²) in [5.41, 5.74) is 1.29. The van der Waals surface area contributed by atoms with Crippen molar-refractivity contribution < 1.29 is 13.2 Å². The number of amides is 1. The Hall–Kier alpha value is -2.25. The maximum Gasteiger partial charge on any atom is 0.272 e. The van der Waals surface area contributed by atoms with Gasteiger partial charge in [0.2, 0.25) is 10.0 Å². The lowest BCUT2D eigenvalue weighted by molar-refractivity contribution is 0.0758. The van der Waals surface area contributed by atoms with E-state index in [0.29, 0.717) is 36.6 Å². The van der Waals surface area contributed by atoms with Crippen LogP contribution in [0.4, 0.5) is 0 Å². The largest absolute Gasteiger partial charge is 0.336 e. The number of aromatic nitrogens is 1. The number of nitrogens with zero attached hydrogens (tertiary/aromatic N) is 3. The van der Waals surface area contributed by atoms with Crippen LogP contribution in [0.25, 0.3) is 0 Å². The molecule has 1 aliphatic rings.